The molecule has 1 aromatic carbocycles. The van der Waals surface area contributed by atoms with E-state index in [1.54, 1.807) is 6.07 Å². The molecular weight excluding hydrogens is 318 g/mol. The van der Waals surface area contributed by atoms with E-state index < -0.39 is 0 Å². The number of nitrogens with zero attached hydrogens (tertiary/aromatic N) is 1. The summed E-state index contributed by atoms with van der Waals surface area (Å²) >= 11 is 1.52. The summed E-state index contributed by atoms with van der Waals surface area (Å²) in [5.41, 5.74) is 1.29. The number of phenols is 1. The minimum absolute atomic E-state index is 0.0764. The quantitative estimate of drug-likeness (QED) is 0.822. The highest BCUT2D eigenvalue weighted by Gasteiger charge is 2.38. The predicted molar refractivity (Wildman–Crippen MR) is 98.9 cm³/mol. The van der Waals surface area contributed by atoms with Gasteiger partial charge >= 0.3 is 0 Å². The van der Waals surface area contributed by atoms with Crippen molar-refractivity contribution in [2.45, 2.75) is 32.1 Å². The summed E-state index contributed by atoms with van der Waals surface area (Å²) in [5.74, 6) is 1.06. The van der Waals surface area contributed by atoms with Gasteiger partial charge < -0.3 is 10.0 Å². The van der Waals surface area contributed by atoms with Gasteiger partial charge in [-0.3, -0.25) is 4.79 Å². The minimum Gasteiger partial charge on any atom is -0.508 e. The van der Waals surface area contributed by atoms with Crippen LogP contribution in [0.3, 0.4) is 0 Å². The molecular formula is C20H25NO2S. The molecule has 128 valence electrons. The van der Waals surface area contributed by atoms with Crippen LogP contribution in [0.25, 0.3) is 0 Å². The topological polar surface area (TPSA) is 40.5 Å². The van der Waals surface area contributed by atoms with E-state index in [0.29, 0.717) is 18.1 Å². The second kappa shape index (κ2) is 7.08. The maximum Gasteiger partial charge on any atom is 0.174 e. The summed E-state index contributed by atoms with van der Waals surface area (Å²) < 4.78 is 0. The summed E-state index contributed by atoms with van der Waals surface area (Å²) in [4.78, 5) is 15.4. The Morgan fingerprint density at radius 1 is 1.38 bits per heavy atom. The fraction of sp³-hybridized carbons (Fsp3) is 0.450. The van der Waals surface area contributed by atoms with Gasteiger partial charge in [-0.05, 0) is 53.4 Å². The summed E-state index contributed by atoms with van der Waals surface area (Å²) in [5, 5.41) is 11.7. The Morgan fingerprint density at radius 3 is 2.88 bits per heavy atom. The average Bonchev–Trinajstić information content (AvgIpc) is 3.10. The molecule has 0 bridgehead atoms. The van der Waals surface area contributed by atoms with Crippen LogP contribution in [0.4, 0.5) is 0 Å². The number of Topliss-reactive ketones (excluding diaryl/α,β-unsaturated/α-hetero) is 1. The number of thiophene rings is 1. The predicted octanol–water partition coefficient (Wildman–Crippen LogP) is 4.33. The lowest BCUT2D eigenvalue weighted by molar-refractivity contribution is 0.0890. The molecule has 0 spiro atoms. The fourth-order valence-electron chi connectivity index (χ4n) is 3.63. The van der Waals surface area contributed by atoms with E-state index in [1.165, 1.54) is 16.9 Å². The van der Waals surface area contributed by atoms with Gasteiger partial charge in [-0.1, -0.05) is 32.0 Å². The summed E-state index contributed by atoms with van der Waals surface area (Å²) in [6.07, 6.45) is 1.64. The third kappa shape index (κ3) is 3.55. The SMILES string of the molecule is C[C@@H]1CN(CCC(=O)c2cccs2)CC[C@]1(C)c1cccc(O)c1. The largest absolute Gasteiger partial charge is 0.508 e. The normalized spacial score (nSPS) is 24.8. The summed E-state index contributed by atoms with van der Waals surface area (Å²) in [6, 6.07) is 11.5. The van der Waals surface area contributed by atoms with Gasteiger partial charge in [-0.2, -0.15) is 0 Å². The molecule has 0 saturated carbocycles. The lowest BCUT2D eigenvalue weighted by atomic mass is 9.68. The Labute approximate surface area is 147 Å². The number of ketones is 1. The molecule has 3 rings (SSSR count). The van der Waals surface area contributed by atoms with Crippen molar-refractivity contribution < 1.29 is 9.90 Å². The van der Waals surface area contributed by atoms with Crippen LogP contribution in [-0.4, -0.2) is 35.4 Å². The third-order valence-corrected chi connectivity index (χ3v) is 6.43. The van der Waals surface area contributed by atoms with Crippen LogP contribution in [0.15, 0.2) is 41.8 Å². The van der Waals surface area contributed by atoms with E-state index >= 15 is 0 Å². The zero-order chi connectivity index (χ0) is 17.2. The van der Waals surface area contributed by atoms with Gasteiger partial charge in [-0.25, -0.2) is 0 Å². The van der Waals surface area contributed by atoms with Gasteiger partial charge in [0.05, 0.1) is 4.88 Å². The number of carbonyl (C=O) groups is 1. The minimum atomic E-state index is 0.0764. The highest BCUT2D eigenvalue weighted by Crippen LogP contribution is 2.40. The van der Waals surface area contributed by atoms with Crippen molar-refractivity contribution in [3.05, 3.63) is 52.2 Å². The van der Waals surface area contributed by atoms with Crippen LogP contribution >= 0.6 is 11.3 Å². The smallest absolute Gasteiger partial charge is 0.174 e. The number of carbonyl (C=O) groups excluding carboxylic acids is 1. The molecule has 1 aliphatic heterocycles. The van der Waals surface area contributed by atoms with Gasteiger partial charge in [0.1, 0.15) is 5.75 Å². The van der Waals surface area contributed by atoms with Crippen molar-refractivity contribution in [2.75, 3.05) is 19.6 Å². The van der Waals surface area contributed by atoms with E-state index in [2.05, 4.69) is 24.8 Å². The monoisotopic (exact) mass is 343 g/mol. The van der Waals surface area contributed by atoms with Crippen LogP contribution in [-0.2, 0) is 5.41 Å². The fourth-order valence-corrected chi connectivity index (χ4v) is 4.32. The zero-order valence-corrected chi connectivity index (χ0v) is 15.2. The number of hydrogen-bond donors (Lipinski definition) is 1. The Kier molecular flexibility index (Phi) is 5.07. The molecule has 1 saturated heterocycles. The summed E-state index contributed by atoms with van der Waals surface area (Å²) in [7, 11) is 0. The number of hydrogen-bond acceptors (Lipinski definition) is 4. The van der Waals surface area contributed by atoms with Crippen molar-refractivity contribution in [1.29, 1.82) is 0 Å². The maximum atomic E-state index is 12.2. The lowest BCUT2D eigenvalue weighted by Crippen LogP contribution is -2.47. The van der Waals surface area contributed by atoms with Gasteiger partial charge in [0, 0.05) is 19.5 Å². The summed E-state index contributed by atoms with van der Waals surface area (Å²) in [6.45, 7) is 7.38. The van der Waals surface area contributed by atoms with Crippen molar-refractivity contribution in [1.82, 2.24) is 4.90 Å². The number of likely N-dealkylation sites (tertiary alicyclic amines) is 1. The Balaban J connectivity index is 1.60. The molecule has 24 heavy (non-hydrogen) atoms. The molecule has 2 heterocycles. The zero-order valence-electron chi connectivity index (χ0n) is 14.4. The maximum absolute atomic E-state index is 12.2. The van der Waals surface area contributed by atoms with Gasteiger partial charge in [-0.15, -0.1) is 11.3 Å². The molecule has 1 fully saturated rings. The first-order valence-electron chi connectivity index (χ1n) is 8.57. The first-order valence-corrected chi connectivity index (χ1v) is 9.45. The molecule has 2 aromatic rings. The highest BCUT2D eigenvalue weighted by molar-refractivity contribution is 7.12. The molecule has 2 atom stereocenters. The van der Waals surface area contributed by atoms with Crippen LogP contribution < -0.4 is 0 Å². The lowest BCUT2D eigenvalue weighted by Gasteiger charge is -2.45. The Hall–Kier alpha value is -1.65. The standard InChI is InChI=1S/C20H25NO2S/c1-15-14-21(10-8-18(23)19-7-4-12-24-19)11-9-20(15,2)16-5-3-6-17(22)13-16/h3-7,12-13,15,22H,8-11,14H2,1-2H3/t15-,20+/m1/s1. The van der Waals surface area contributed by atoms with Gasteiger partial charge in [0.2, 0.25) is 0 Å². The van der Waals surface area contributed by atoms with E-state index in [0.717, 1.165) is 30.9 Å². The molecule has 1 aliphatic rings. The molecule has 4 heteroatoms. The van der Waals surface area contributed by atoms with Crippen molar-refractivity contribution in [3.63, 3.8) is 0 Å². The van der Waals surface area contributed by atoms with E-state index in [9.17, 15) is 9.90 Å². The van der Waals surface area contributed by atoms with Crippen molar-refractivity contribution >= 4 is 17.1 Å². The molecule has 0 unspecified atom stereocenters. The van der Waals surface area contributed by atoms with Crippen LogP contribution in [0.1, 0.15) is 41.9 Å². The molecule has 1 aromatic heterocycles. The highest BCUT2D eigenvalue weighted by atomic mass is 32.1. The van der Waals surface area contributed by atoms with E-state index in [1.807, 2.05) is 29.6 Å². The molecule has 0 amide bonds. The number of aromatic hydroxyl groups is 1. The Bertz CT molecular complexity index is 697. The molecule has 1 N–H and O–H groups in total. The molecule has 0 radical (unpaired) electrons. The molecule has 0 aliphatic carbocycles. The van der Waals surface area contributed by atoms with Gasteiger partial charge in [0.15, 0.2) is 5.78 Å². The van der Waals surface area contributed by atoms with Crippen LogP contribution in [0.2, 0.25) is 0 Å². The van der Waals surface area contributed by atoms with Crippen LogP contribution in [0.5, 0.6) is 5.75 Å². The first-order chi connectivity index (χ1) is 11.5. The number of rotatable bonds is 5. The van der Waals surface area contributed by atoms with Crippen LogP contribution in [0, 0.1) is 5.92 Å². The first kappa shape index (κ1) is 17.2. The van der Waals surface area contributed by atoms with Gasteiger partial charge in [0.25, 0.3) is 0 Å². The molecule has 3 nitrogen and oxygen atoms in total. The second-order valence-corrected chi connectivity index (χ2v) is 8.02. The third-order valence-electron chi connectivity index (χ3n) is 5.52. The van der Waals surface area contributed by atoms with E-state index in [4.69, 9.17) is 0 Å². The van der Waals surface area contributed by atoms with E-state index in [-0.39, 0.29) is 11.2 Å². The number of piperidine rings is 1. The average molecular weight is 343 g/mol. The van der Waals surface area contributed by atoms with Crippen molar-refractivity contribution in [2.24, 2.45) is 5.92 Å². The van der Waals surface area contributed by atoms with Crippen molar-refractivity contribution in [3.8, 4) is 5.75 Å². The Morgan fingerprint density at radius 2 is 2.21 bits per heavy atom. The number of benzene rings is 1. The second-order valence-electron chi connectivity index (χ2n) is 7.07. The number of phenolic OH excluding ortho intramolecular Hbond substituents is 1.